The number of fused-ring (bicyclic) bond motifs is 1. The molecule has 0 aliphatic carbocycles. The monoisotopic (exact) mass is 364 g/mol. The minimum atomic E-state index is -4.14. The van der Waals surface area contributed by atoms with E-state index in [0.717, 1.165) is 16.1 Å². The smallest absolute Gasteiger partial charge is 0.273 e. The van der Waals surface area contributed by atoms with Gasteiger partial charge >= 0.3 is 0 Å². The maximum absolute atomic E-state index is 13.0. The van der Waals surface area contributed by atoms with Crippen LogP contribution >= 0.6 is 12.2 Å². The van der Waals surface area contributed by atoms with Crippen molar-refractivity contribution >= 4 is 49.7 Å². The molecule has 0 bridgehead atoms. The van der Waals surface area contributed by atoms with E-state index >= 15 is 0 Å². The maximum atomic E-state index is 13.0. The number of hydrogen-bond acceptors (Lipinski definition) is 6. The average Bonchev–Trinajstić information content (AvgIpc) is 2.78. The zero-order chi connectivity index (χ0) is 17.6. The highest BCUT2D eigenvalue weighted by Crippen LogP contribution is 2.32. The fraction of sp³-hybridized carbons (Fsp3) is 0.200. The molecule has 2 aromatic rings. The van der Waals surface area contributed by atoms with E-state index < -0.39 is 15.9 Å². The second kappa shape index (κ2) is 5.69. The van der Waals surface area contributed by atoms with Crippen molar-refractivity contribution in [3.05, 3.63) is 36.4 Å². The summed E-state index contributed by atoms with van der Waals surface area (Å²) in [4.78, 5) is 14.0. The quantitative estimate of drug-likeness (QED) is 0.639. The first-order valence-electron chi connectivity index (χ1n) is 7.08. The molecule has 1 aliphatic rings. The number of rotatable bonds is 3. The number of anilines is 1. The number of hydrazine groups is 1. The van der Waals surface area contributed by atoms with Gasteiger partial charge in [-0.05, 0) is 24.4 Å². The lowest BCUT2D eigenvalue weighted by Crippen LogP contribution is -2.40. The molecular formula is C15H16N4O3S2. The van der Waals surface area contributed by atoms with E-state index in [1.54, 1.807) is 18.2 Å². The number of nitrogens with zero attached hydrogens (tertiary/aromatic N) is 3. The van der Waals surface area contributed by atoms with Gasteiger partial charge in [-0.25, -0.2) is 14.3 Å². The number of carbonyl (C=O) groups is 1. The van der Waals surface area contributed by atoms with Crippen LogP contribution in [-0.4, -0.2) is 49.4 Å². The predicted octanol–water partition coefficient (Wildman–Crippen LogP) is 0.897. The van der Waals surface area contributed by atoms with Crippen LogP contribution in [0.4, 0.5) is 5.69 Å². The summed E-state index contributed by atoms with van der Waals surface area (Å²) in [5, 5.41) is 2.02. The molecule has 1 fully saturated rings. The fourth-order valence-electron chi connectivity index (χ4n) is 2.72. The Bertz CT molecular complexity index is 956. The Morgan fingerprint density at radius 3 is 2.33 bits per heavy atom. The maximum Gasteiger partial charge on any atom is 0.273 e. The third-order valence-electron chi connectivity index (χ3n) is 3.81. The van der Waals surface area contributed by atoms with E-state index in [9.17, 15) is 13.2 Å². The van der Waals surface area contributed by atoms with E-state index in [-0.39, 0.29) is 16.6 Å². The molecule has 126 valence electrons. The minimum absolute atomic E-state index is 0.0229. The minimum Gasteiger partial charge on any atom is -0.377 e. The van der Waals surface area contributed by atoms with E-state index in [4.69, 9.17) is 18.1 Å². The fourth-order valence-corrected chi connectivity index (χ4v) is 4.72. The summed E-state index contributed by atoms with van der Waals surface area (Å²) in [5.41, 5.74) is 0.875. The van der Waals surface area contributed by atoms with Crippen molar-refractivity contribution in [3.63, 3.8) is 0 Å². The summed E-state index contributed by atoms with van der Waals surface area (Å²) in [6.45, 7) is -0.258. The van der Waals surface area contributed by atoms with Crippen molar-refractivity contribution in [1.29, 1.82) is 0 Å². The van der Waals surface area contributed by atoms with Gasteiger partial charge in [-0.1, -0.05) is 24.3 Å². The lowest BCUT2D eigenvalue weighted by Gasteiger charge is -2.20. The third-order valence-corrected chi connectivity index (χ3v) is 6.11. The lowest BCUT2D eigenvalue weighted by molar-refractivity contribution is -0.122. The average molecular weight is 364 g/mol. The van der Waals surface area contributed by atoms with Crippen LogP contribution in [0.15, 0.2) is 41.3 Å². The van der Waals surface area contributed by atoms with Crippen LogP contribution in [0.5, 0.6) is 0 Å². The molecule has 7 nitrogen and oxygen atoms in total. The molecule has 24 heavy (non-hydrogen) atoms. The highest BCUT2D eigenvalue weighted by Gasteiger charge is 2.41. The molecule has 0 aromatic heterocycles. The molecule has 0 saturated carbocycles. The summed E-state index contributed by atoms with van der Waals surface area (Å²) < 4.78 is 26.6. The Balaban J connectivity index is 2.25. The molecule has 9 heteroatoms. The Labute approximate surface area is 145 Å². The number of amides is 1. The molecule has 0 atom stereocenters. The van der Waals surface area contributed by atoms with Crippen LogP contribution in [0, 0.1) is 0 Å². The molecule has 2 aromatic carbocycles. The zero-order valence-electron chi connectivity index (χ0n) is 13.1. The van der Waals surface area contributed by atoms with E-state index in [2.05, 4.69) is 0 Å². The summed E-state index contributed by atoms with van der Waals surface area (Å²) in [5.74, 6) is 4.91. The first kappa shape index (κ1) is 16.6. The number of benzene rings is 2. The number of thiocarbonyl (C=S) groups is 1. The van der Waals surface area contributed by atoms with Gasteiger partial charge in [-0.2, -0.15) is 4.31 Å². The van der Waals surface area contributed by atoms with Crippen molar-refractivity contribution in [2.45, 2.75) is 4.90 Å². The van der Waals surface area contributed by atoms with E-state index in [1.165, 1.54) is 6.07 Å². The number of sulfonamides is 1. The van der Waals surface area contributed by atoms with Crippen molar-refractivity contribution in [1.82, 2.24) is 9.31 Å². The van der Waals surface area contributed by atoms with Crippen molar-refractivity contribution < 1.29 is 13.2 Å². The Morgan fingerprint density at radius 1 is 1.12 bits per heavy atom. The summed E-state index contributed by atoms with van der Waals surface area (Å²) in [6.07, 6.45) is 0. The Hall–Kier alpha value is -2.23. The van der Waals surface area contributed by atoms with Crippen LogP contribution in [0.3, 0.4) is 0 Å². The van der Waals surface area contributed by atoms with Gasteiger partial charge in [-0.3, -0.25) is 9.80 Å². The standard InChI is InChI=1S/C15H16N4O3S2/c1-17(2)12-7-3-6-11-10(12)5-4-8-13(11)24(21,22)19-14(20)9-18(16)15(19)23/h3-8H,9,16H2,1-2H3. The van der Waals surface area contributed by atoms with Gasteiger partial charge in [0.15, 0.2) is 0 Å². The van der Waals surface area contributed by atoms with Crippen LogP contribution in [0.25, 0.3) is 10.8 Å². The normalized spacial score (nSPS) is 15.5. The van der Waals surface area contributed by atoms with Crippen LogP contribution in [0.2, 0.25) is 0 Å². The summed E-state index contributed by atoms with van der Waals surface area (Å²) >= 11 is 5.00. The van der Waals surface area contributed by atoms with Gasteiger partial charge in [0, 0.05) is 30.6 Å². The largest absolute Gasteiger partial charge is 0.377 e. The molecule has 1 heterocycles. The predicted molar refractivity (Wildman–Crippen MR) is 95.8 cm³/mol. The Morgan fingerprint density at radius 2 is 1.75 bits per heavy atom. The molecule has 1 saturated heterocycles. The van der Waals surface area contributed by atoms with Crippen LogP contribution < -0.4 is 10.7 Å². The number of nitrogens with two attached hydrogens (primary N) is 1. The lowest BCUT2D eigenvalue weighted by atomic mass is 10.1. The molecule has 0 spiro atoms. The van der Waals surface area contributed by atoms with Gasteiger partial charge in [-0.15, -0.1) is 0 Å². The van der Waals surface area contributed by atoms with E-state index in [1.807, 2.05) is 31.1 Å². The van der Waals surface area contributed by atoms with Gasteiger partial charge in [0.05, 0.1) is 4.90 Å². The van der Waals surface area contributed by atoms with Crippen molar-refractivity contribution in [2.24, 2.45) is 5.84 Å². The molecular weight excluding hydrogens is 348 g/mol. The van der Waals surface area contributed by atoms with E-state index in [0.29, 0.717) is 9.69 Å². The summed E-state index contributed by atoms with van der Waals surface area (Å²) in [7, 11) is -0.384. The molecule has 0 radical (unpaired) electrons. The number of carbonyl (C=O) groups excluding carboxylic acids is 1. The highest BCUT2D eigenvalue weighted by atomic mass is 32.2. The van der Waals surface area contributed by atoms with Gasteiger partial charge < -0.3 is 4.90 Å². The Kier molecular flexibility index (Phi) is 3.94. The second-order valence-electron chi connectivity index (χ2n) is 5.60. The molecule has 1 amide bonds. The topological polar surface area (TPSA) is 87.0 Å². The summed E-state index contributed by atoms with van der Waals surface area (Å²) in [6, 6.07) is 10.3. The molecule has 2 N–H and O–H groups in total. The van der Waals surface area contributed by atoms with Crippen LogP contribution in [0.1, 0.15) is 0 Å². The van der Waals surface area contributed by atoms with Crippen molar-refractivity contribution in [2.75, 3.05) is 25.5 Å². The molecule has 3 rings (SSSR count). The van der Waals surface area contributed by atoms with Crippen molar-refractivity contribution in [3.8, 4) is 0 Å². The second-order valence-corrected chi connectivity index (χ2v) is 7.72. The first-order valence-corrected chi connectivity index (χ1v) is 8.93. The highest BCUT2D eigenvalue weighted by molar-refractivity contribution is 7.92. The number of hydrogen-bond donors (Lipinski definition) is 1. The van der Waals surface area contributed by atoms with Gasteiger partial charge in [0.1, 0.15) is 6.54 Å². The molecule has 1 aliphatic heterocycles. The first-order chi connectivity index (χ1) is 11.2. The van der Waals surface area contributed by atoms with Gasteiger partial charge in [0.25, 0.3) is 15.9 Å². The third kappa shape index (κ3) is 2.41. The zero-order valence-corrected chi connectivity index (χ0v) is 14.8. The van der Waals surface area contributed by atoms with Gasteiger partial charge in [0.2, 0.25) is 5.11 Å². The SMILES string of the molecule is CN(C)c1cccc2c(S(=O)(=O)N3C(=O)CN(N)C3=S)cccc12. The molecule has 0 unspecified atom stereocenters. The van der Waals surface area contributed by atoms with Crippen LogP contribution in [-0.2, 0) is 14.8 Å².